The average molecular weight is 279 g/mol. The fourth-order valence-electron chi connectivity index (χ4n) is 1.69. The summed E-state index contributed by atoms with van der Waals surface area (Å²) in [5.41, 5.74) is 0.971. The first-order valence-electron chi connectivity index (χ1n) is 5.22. The van der Waals surface area contributed by atoms with Crippen molar-refractivity contribution in [1.29, 1.82) is 0 Å². The maximum Gasteiger partial charge on any atom is 0.310 e. The van der Waals surface area contributed by atoms with E-state index in [4.69, 9.17) is 9.47 Å². The van der Waals surface area contributed by atoms with E-state index in [2.05, 4.69) is 4.99 Å². The van der Waals surface area contributed by atoms with Crippen molar-refractivity contribution in [2.75, 3.05) is 13.0 Å². The van der Waals surface area contributed by atoms with Gasteiger partial charge in [-0.05, 0) is 41.8 Å². The summed E-state index contributed by atoms with van der Waals surface area (Å²) in [6, 6.07) is 5.70. The van der Waals surface area contributed by atoms with Crippen molar-refractivity contribution in [2.45, 2.75) is 0 Å². The van der Waals surface area contributed by atoms with Gasteiger partial charge in [0.25, 0.3) is 0 Å². The van der Waals surface area contributed by atoms with E-state index in [0.717, 1.165) is 38.8 Å². The standard InChI is InChI=1S/C12H9NO3S2/c1-17-11-10(18-12(14)13-11)5-7-2-3-8-9(4-7)16-6-15-8/h2-5H,6H2,1H3/b10-5-. The minimum Gasteiger partial charge on any atom is -0.454 e. The number of aliphatic imine (C=N–C) groups is 1. The van der Waals surface area contributed by atoms with Crippen LogP contribution in [0.3, 0.4) is 0 Å². The Morgan fingerprint density at radius 3 is 3.06 bits per heavy atom. The van der Waals surface area contributed by atoms with E-state index in [0.29, 0.717) is 0 Å². The van der Waals surface area contributed by atoms with Crippen LogP contribution < -0.4 is 9.47 Å². The first-order valence-corrected chi connectivity index (χ1v) is 7.26. The number of benzene rings is 1. The van der Waals surface area contributed by atoms with Gasteiger partial charge in [-0.3, -0.25) is 4.79 Å². The Labute approximate surface area is 112 Å². The Kier molecular flexibility index (Phi) is 3.05. The van der Waals surface area contributed by atoms with Crippen molar-refractivity contribution >= 4 is 39.9 Å². The summed E-state index contributed by atoms with van der Waals surface area (Å²) in [4.78, 5) is 16.1. The maximum absolute atomic E-state index is 11.3. The zero-order valence-corrected chi connectivity index (χ0v) is 11.1. The molecule has 1 aromatic carbocycles. The van der Waals surface area contributed by atoms with Crippen molar-refractivity contribution in [2.24, 2.45) is 4.99 Å². The Morgan fingerprint density at radius 2 is 2.22 bits per heavy atom. The topological polar surface area (TPSA) is 47.9 Å². The van der Waals surface area contributed by atoms with Gasteiger partial charge in [-0.15, -0.1) is 11.8 Å². The highest BCUT2D eigenvalue weighted by atomic mass is 32.2. The predicted octanol–water partition coefficient (Wildman–Crippen LogP) is 3.38. The van der Waals surface area contributed by atoms with Crippen LogP contribution in [0.5, 0.6) is 11.5 Å². The van der Waals surface area contributed by atoms with Crippen molar-refractivity contribution in [3.8, 4) is 11.5 Å². The normalized spacial score (nSPS) is 19.5. The lowest BCUT2D eigenvalue weighted by Crippen LogP contribution is -1.92. The summed E-state index contributed by atoms with van der Waals surface area (Å²) in [7, 11) is 0. The van der Waals surface area contributed by atoms with Crippen molar-refractivity contribution < 1.29 is 14.3 Å². The fourth-order valence-corrected chi connectivity index (χ4v) is 3.21. The van der Waals surface area contributed by atoms with Gasteiger partial charge in [0.15, 0.2) is 11.5 Å². The predicted molar refractivity (Wildman–Crippen MR) is 74.5 cm³/mol. The molecule has 3 rings (SSSR count). The summed E-state index contributed by atoms with van der Waals surface area (Å²) in [5.74, 6) is 1.49. The summed E-state index contributed by atoms with van der Waals surface area (Å²) >= 11 is 2.62. The van der Waals surface area contributed by atoms with Gasteiger partial charge in [0.2, 0.25) is 6.79 Å². The zero-order chi connectivity index (χ0) is 12.5. The lowest BCUT2D eigenvalue weighted by Gasteiger charge is -2.00. The van der Waals surface area contributed by atoms with Gasteiger partial charge in [0.1, 0.15) is 5.04 Å². The SMILES string of the molecule is CSC1=NC(=O)S/C1=C\c1ccc2c(c1)OCO2. The maximum atomic E-state index is 11.3. The number of hydrogen-bond donors (Lipinski definition) is 0. The van der Waals surface area contributed by atoms with Crippen molar-refractivity contribution in [3.63, 3.8) is 0 Å². The number of ether oxygens (including phenoxy) is 2. The van der Waals surface area contributed by atoms with Crippen LogP contribution in [-0.4, -0.2) is 23.3 Å². The van der Waals surface area contributed by atoms with Crippen molar-refractivity contribution in [1.82, 2.24) is 0 Å². The quantitative estimate of drug-likeness (QED) is 0.788. The van der Waals surface area contributed by atoms with E-state index >= 15 is 0 Å². The van der Waals surface area contributed by atoms with E-state index in [1.165, 1.54) is 11.8 Å². The van der Waals surface area contributed by atoms with E-state index in [-0.39, 0.29) is 12.0 Å². The fraction of sp³-hybridized carbons (Fsp3) is 0.167. The molecule has 0 saturated heterocycles. The summed E-state index contributed by atoms with van der Waals surface area (Å²) in [5, 5.41) is 0.606. The first kappa shape index (κ1) is 11.7. The molecule has 0 saturated carbocycles. The van der Waals surface area contributed by atoms with Crippen LogP contribution in [-0.2, 0) is 0 Å². The second-order valence-electron chi connectivity index (χ2n) is 3.61. The lowest BCUT2D eigenvalue weighted by molar-refractivity contribution is 0.174. The Bertz CT molecular complexity index is 581. The van der Waals surface area contributed by atoms with E-state index in [1.54, 1.807) is 0 Å². The molecule has 18 heavy (non-hydrogen) atoms. The van der Waals surface area contributed by atoms with Gasteiger partial charge in [-0.1, -0.05) is 6.07 Å². The third kappa shape index (κ3) is 2.13. The molecular weight excluding hydrogens is 270 g/mol. The van der Waals surface area contributed by atoms with Crippen LogP contribution >= 0.6 is 23.5 Å². The third-order valence-electron chi connectivity index (χ3n) is 2.49. The highest BCUT2D eigenvalue weighted by Crippen LogP contribution is 2.36. The number of rotatable bonds is 1. The molecule has 0 aromatic heterocycles. The molecule has 0 unspecified atom stereocenters. The molecule has 2 aliphatic rings. The van der Waals surface area contributed by atoms with Crippen LogP contribution in [0, 0.1) is 0 Å². The second-order valence-corrected chi connectivity index (χ2v) is 5.40. The number of amides is 1. The van der Waals surface area contributed by atoms with Gasteiger partial charge < -0.3 is 9.47 Å². The zero-order valence-electron chi connectivity index (χ0n) is 9.50. The van der Waals surface area contributed by atoms with E-state index in [9.17, 15) is 4.79 Å². The van der Waals surface area contributed by atoms with Gasteiger partial charge >= 0.3 is 5.24 Å². The minimum absolute atomic E-state index is 0.161. The molecule has 1 aromatic rings. The monoisotopic (exact) mass is 279 g/mol. The summed E-state index contributed by atoms with van der Waals surface area (Å²) in [6.45, 7) is 0.264. The molecule has 0 radical (unpaired) electrons. The van der Waals surface area contributed by atoms with Crippen LogP contribution in [0.2, 0.25) is 0 Å². The summed E-state index contributed by atoms with van der Waals surface area (Å²) in [6.07, 6.45) is 3.85. The van der Waals surface area contributed by atoms with Crippen LogP contribution in [0.25, 0.3) is 6.08 Å². The van der Waals surface area contributed by atoms with Crippen LogP contribution in [0.1, 0.15) is 5.56 Å². The molecule has 0 fully saturated rings. The average Bonchev–Trinajstić information content (AvgIpc) is 2.95. The molecule has 4 nitrogen and oxygen atoms in total. The molecule has 6 heteroatoms. The highest BCUT2D eigenvalue weighted by Gasteiger charge is 2.21. The summed E-state index contributed by atoms with van der Waals surface area (Å²) < 4.78 is 10.6. The highest BCUT2D eigenvalue weighted by molar-refractivity contribution is 8.24. The molecule has 2 aliphatic heterocycles. The Balaban J connectivity index is 1.92. The minimum atomic E-state index is -0.161. The number of thioether (sulfide) groups is 2. The third-order valence-corrected chi connectivity index (χ3v) is 4.11. The van der Waals surface area contributed by atoms with E-state index in [1.807, 2.05) is 30.5 Å². The molecule has 2 heterocycles. The molecule has 0 aliphatic carbocycles. The van der Waals surface area contributed by atoms with Crippen molar-refractivity contribution in [3.05, 3.63) is 28.7 Å². The van der Waals surface area contributed by atoms with Gasteiger partial charge in [0, 0.05) is 0 Å². The van der Waals surface area contributed by atoms with Gasteiger partial charge in [-0.25, -0.2) is 0 Å². The number of fused-ring (bicyclic) bond motifs is 1. The van der Waals surface area contributed by atoms with Gasteiger partial charge in [0.05, 0.1) is 4.91 Å². The molecule has 92 valence electrons. The lowest BCUT2D eigenvalue weighted by atomic mass is 10.2. The second kappa shape index (κ2) is 4.70. The largest absolute Gasteiger partial charge is 0.454 e. The van der Waals surface area contributed by atoms with Crippen LogP contribution in [0.4, 0.5) is 4.79 Å². The number of hydrogen-bond acceptors (Lipinski definition) is 5. The molecule has 0 spiro atoms. The Morgan fingerprint density at radius 1 is 1.39 bits per heavy atom. The molecule has 1 amide bonds. The number of carbonyl (C=O) groups is 1. The van der Waals surface area contributed by atoms with E-state index < -0.39 is 0 Å². The molecule has 0 N–H and O–H groups in total. The smallest absolute Gasteiger partial charge is 0.310 e. The van der Waals surface area contributed by atoms with Crippen LogP contribution in [0.15, 0.2) is 28.1 Å². The number of nitrogens with zero attached hydrogens (tertiary/aromatic N) is 1. The Hall–Kier alpha value is -1.40. The first-order chi connectivity index (χ1) is 8.76. The van der Waals surface area contributed by atoms with Gasteiger partial charge in [-0.2, -0.15) is 4.99 Å². The molecule has 0 atom stereocenters. The molecule has 0 bridgehead atoms. The number of carbonyl (C=O) groups excluding carboxylic acids is 1. The molecular formula is C12H9NO3S2.